The molecule has 3 rings (SSSR count). The first-order chi connectivity index (χ1) is 9.34. The van der Waals surface area contributed by atoms with Crippen molar-refractivity contribution in [3.05, 3.63) is 0 Å². The van der Waals surface area contributed by atoms with Crippen molar-refractivity contribution in [2.45, 2.75) is 80.1 Å². The van der Waals surface area contributed by atoms with Crippen molar-refractivity contribution < 1.29 is 0 Å². The number of hydrogen-bond acceptors (Lipinski definition) is 0. The van der Waals surface area contributed by atoms with Crippen LogP contribution < -0.4 is 0 Å². The van der Waals surface area contributed by atoms with Gasteiger partial charge in [0.1, 0.15) is 0 Å². The molecule has 0 aliphatic heterocycles. The Morgan fingerprint density at radius 3 is 2.35 bits per heavy atom. The first kappa shape index (κ1) is 14.9. The minimum absolute atomic E-state index is 0.632. The van der Waals surface area contributed by atoms with Crippen molar-refractivity contribution in [2.75, 3.05) is 0 Å². The molecule has 0 aromatic heterocycles. The van der Waals surface area contributed by atoms with Gasteiger partial charge in [0.2, 0.25) is 0 Å². The van der Waals surface area contributed by atoms with Crippen molar-refractivity contribution in [1.29, 1.82) is 0 Å². The number of rotatable bonds is 2. The Labute approximate surface area is 127 Å². The van der Waals surface area contributed by atoms with Crippen molar-refractivity contribution in [2.24, 2.45) is 46.3 Å². The molecule has 0 heteroatoms. The Morgan fingerprint density at radius 1 is 1.05 bits per heavy atom. The Morgan fingerprint density at radius 2 is 1.75 bits per heavy atom. The lowest BCUT2D eigenvalue weighted by Gasteiger charge is -2.67. The normalized spacial score (nSPS) is 55.0. The summed E-state index contributed by atoms with van der Waals surface area (Å²) in [5, 5.41) is 0. The molecule has 20 heavy (non-hydrogen) atoms. The van der Waals surface area contributed by atoms with Crippen LogP contribution in [0, 0.1) is 46.3 Å². The lowest BCUT2D eigenvalue weighted by molar-refractivity contribution is -0.184. The van der Waals surface area contributed by atoms with Crippen molar-refractivity contribution in [1.82, 2.24) is 0 Å². The molecule has 0 aromatic carbocycles. The van der Waals surface area contributed by atoms with Gasteiger partial charge in [0.25, 0.3) is 0 Å². The molecule has 3 aliphatic rings. The van der Waals surface area contributed by atoms with Gasteiger partial charge in [-0.05, 0) is 78.4 Å². The molecule has 0 spiro atoms. The van der Waals surface area contributed by atoms with E-state index in [1.165, 1.54) is 32.1 Å². The predicted octanol–water partition coefficient (Wildman–Crippen LogP) is 6.16. The summed E-state index contributed by atoms with van der Waals surface area (Å²) in [5.41, 5.74) is 1.33. The van der Waals surface area contributed by atoms with Crippen LogP contribution in [0.25, 0.3) is 0 Å². The van der Waals surface area contributed by atoms with Gasteiger partial charge >= 0.3 is 0 Å². The molecule has 7 atom stereocenters. The van der Waals surface area contributed by atoms with Gasteiger partial charge in [0, 0.05) is 0 Å². The third-order valence-corrected chi connectivity index (χ3v) is 8.70. The van der Waals surface area contributed by atoms with Crippen molar-refractivity contribution >= 4 is 0 Å². The molecule has 116 valence electrons. The van der Waals surface area contributed by atoms with Crippen molar-refractivity contribution in [3.8, 4) is 0 Å². The molecule has 0 aromatic rings. The smallest absolute Gasteiger partial charge is 0.0264 e. The molecular formula is C20H36. The lowest BCUT2D eigenvalue weighted by Crippen LogP contribution is -2.60. The van der Waals surface area contributed by atoms with Crippen LogP contribution in [0.1, 0.15) is 80.1 Å². The van der Waals surface area contributed by atoms with E-state index in [0.29, 0.717) is 10.8 Å². The maximum Gasteiger partial charge on any atom is -0.0264 e. The summed E-state index contributed by atoms with van der Waals surface area (Å²) in [7, 11) is 0. The van der Waals surface area contributed by atoms with Crippen LogP contribution in [0.2, 0.25) is 0 Å². The minimum Gasteiger partial charge on any atom is -0.0648 e. The van der Waals surface area contributed by atoms with E-state index in [1.807, 2.05) is 0 Å². The molecule has 0 heterocycles. The molecule has 0 amide bonds. The van der Waals surface area contributed by atoms with E-state index in [9.17, 15) is 0 Å². The van der Waals surface area contributed by atoms with E-state index in [1.54, 1.807) is 6.42 Å². The first-order valence-electron chi connectivity index (χ1n) is 9.34. The van der Waals surface area contributed by atoms with E-state index in [-0.39, 0.29) is 0 Å². The predicted molar refractivity (Wildman–Crippen MR) is 87.6 cm³/mol. The molecule has 0 N–H and O–H groups in total. The molecule has 0 bridgehead atoms. The third kappa shape index (κ3) is 1.78. The van der Waals surface area contributed by atoms with Crippen LogP contribution in [-0.2, 0) is 0 Å². The molecular weight excluding hydrogens is 240 g/mol. The fraction of sp³-hybridized carbons (Fsp3) is 1.00. The summed E-state index contributed by atoms with van der Waals surface area (Å²) in [5.74, 6) is 6.01. The van der Waals surface area contributed by atoms with E-state index in [2.05, 4.69) is 41.5 Å². The lowest BCUT2D eigenvalue weighted by atomic mass is 9.38. The largest absolute Gasteiger partial charge is 0.0648 e. The van der Waals surface area contributed by atoms with Crippen LogP contribution in [0.5, 0.6) is 0 Å². The monoisotopic (exact) mass is 276 g/mol. The highest BCUT2D eigenvalue weighted by atomic mass is 14.7. The van der Waals surface area contributed by atoms with Crippen molar-refractivity contribution in [3.63, 3.8) is 0 Å². The summed E-state index contributed by atoms with van der Waals surface area (Å²) in [6.07, 6.45) is 9.01. The first-order valence-corrected chi connectivity index (χ1v) is 9.34. The summed E-state index contributed by atoms with van der Waals surface area (Å²) < 4.78 is 0. The SMILES string of the molecule is CCC1(C)C(C)CCC2C1CCC1(C)C(C(C)C)CC21. The Hall–Kier alpha value is 0. The number of fused-ring (bicyclic) bond motifs is 3. The summed E-state index contributed by atoms with van der Waals surface area (Å²) in [4.78, 5) is 0. The molecule has 3 saturated carbocycles. The topological polar surface area (TPSA) is 0 Å². The molecule has 0 radical (unpaired) electrons. The Balaban J connectivity index is 1.83. The third-order valence-electron chi connectivity index (χ3n) is 8.70. The van der Waals surface area contributed by atoms with Crippen LogP contribution in [0.15, 0.2) is 0 Å². The average molecular weight is 277 g/mol. The van der Waals surface area contributed by atoms with Crippen LogP contribution >= 0.6 is 0 Å². The second-order valence-electron chi connectivity index (χ2n) is 9.35. The standard InChI is InChI=1S/C20H36/c1-7-19(5)14(4)8-9-15-16(19)10-11-20(6)17(13(2)3)12-18(15)20/h13-18H,7-12H2,1-6H3. The Bertz CT molecular complexity index is 370. The van der Waals surface area contributed by atoms with Gasteiger partial charge in [0.05, 0.1) is 0 Å². The van der Waals surface area contributed by atoms with Crippen LogP contribution in [0.4, 0.5) is 0 Å². The number of hydrogen-bond donors (Lipinski definition) is 0. The summed E-state index contributed by atoms with van der Waals surface area (Å²) in [6, 6.07) is 0. The minimum atomic E-state index is 0.632. The van der Waals surface area contributed by atoms with Crippen LogP contribution in [0.3, 0.4) is 0 Å². The maximum absolute atomic E-state index is 2.64. The Kier molecular flexibility index (Phi) is 3.54. The molecule has 3 fully saturated rings. The van der Waals surface area contributed by atoms with Gasteiger partial charge < -0.3 is 0 Å². The molecule has 7 unspecified atom stereocenters. The molecule has 0 saturated heterocycles. The van der Waals surface area contributed by atoms with Gasteiger partial charge in [-0.1, -0.05) is 48.0 Å². The summed E-state index contributed by atoms with van der Waals surface area (Å²) >= 11 is 0. The maximum atomic E-state index is 2.64. The van der Waals surface area contributed by atoms with E-state index in [0.717, 1.165) is 35.5 Å². The average Bonchev–Trinajstić information content (AvgIpc) is 2.38. The van der Waals surface area contributed by atoms with Gasteiger partial charge in [-0.2, -0.15) is 0 Å². The summed E-state index contributed by atoms with van der Waals surface area (Å²) in [6.45, 7) is 15.2. The zero-order chi connectivity index (χ0) is 14.7. The van der Waals surface area contributed by atoms with Gasteiger partial charge in [-0.3, -0.25) is 0 Å². The van der Waals surface area contributed by atoms with E-state index in [4.69, 9.17) is 0 Å². The zero-order valence-electron chi connectivity index (χ0n) is 14.7. The highest BCUT2D eigenvalue weighted by molar-refractivity contribution is 5.10. The molecule has 0 nitrogen and oxygen atoms in total. The highest BCUT2D eigenvalue weighted by Gasteiger charge is 2.61. The van der Waals surface area contributed by atoms with Gasteiger partial charge in [-0.25, -0.2) is 0 Å². The van der Waals surface area contributed by atoms with E-state index < -0.39 is 0 Å². The second kappa shape index (κ2) is 4.75. The highest BCUT2D eigenvalue weighted by Crippen LogP contribution is 2.69. The van der Waals surface area contributed by atoms with Crippen LogP contribution in [-0.4, -0.2) is 0 Å². The fourth-order valence-electron chi connectivity index (χ4n) is 6.93. The zero-order valence-corrected chi connectivity index (χ0v) is 14.7. The van der Waals surface area contributed by atoms with Gasteiger partial charge in [-0.15, -0.1) is 0 Å². The van der Waals surface area contributed by atoms with E-state index >= 15 is 0 Å². The molecule has 3 aliphatic carbocycles. The fourth-order valence-corrected chi connectivity index (χ4v) is 6.93. The quantitative estimate of drug-likeness (QED) is 0.567. The van der Waals surface area contributed by atoms with Gasteiger partial charge in [0.15, 0.2) is 0 Å². The second-order valence-corrected chi connectivity index (χ2v) is 9.35.